The van der Waals surface area contributed by atoms with E-state index in [9.17, 15) is 12.8 Å². The van der Waals surface area contributed by atoms with Gasteiger partial charge in [-0.2, -0.15) is 0 Å². The van der Waals surface area contributed by atoms with Crippen LogP contribution in [0.4, 0.5) is 4.39 Å². The first-order valence-electron chi connectivity index (χ1n) is 3.87. The highest BCUT2D eigenvalue weighted by Crippen LogP contribution is 2.12. The Labute approximate surface area is 82.1 Å². The average Bonchev–Trinajstić information content (AvgIpc) is 2.02. The second-order valence-corrected chi connectivity index (χ2v) is 4.90. The van der Waals surface area contributed by atoms with Gasteiger partial charge < -0.3 is 5.11 Å². The van der Waals surface area contributed by atoms with E-state index in [-0.39, 0.29) is 4.90 Å². The zero-order valence-electron chi connectivity index (χ0n) is 7.51. The summed E-state index contributed by atoms with van der Waals surface area (Å²) < 4.78 is 34.2. The third-order valence-electron chi connectivity index (χ3n) is 1.64. The minimum absolute atomic E-state index is 0.169. The first kappa shape index (κ1) is 11.1. The van der Waals surface area contributed by atoms with Crippen molar-refractivity contribution in [3.8, 4) is 0 Å². The van der Waals surface area contributed by atoms with E-state index in [1.807, 2.05) is 0 Å². The van der Waals surface area contributed by atoms with E-state index in [4.69, 9.17) is 5.11 Å². The van der Waals surface area contributed by atoms with Gasteiger partial charge in [-0.05, 0) is 17.7 Å². The van der Waals surface area contributed by atoms with E-state index in [1.54, 1.807) is 0 Å². The van der Waals surface area contributed by atoms with Crippen LogP contribution in [0.2, 0.25) is 0 Å². The number of benzene rings is 1. The van der Waals surface area contributed by atoms with Crippen LogP contribution in [0, 0.1) is 6.42 Å². The van der Waals surface area contributed by atoms with Gasteiger partial charge in [-0.3, -0.25) is 0 Å². The maximum Gasteiger partial charge on any atom is 0.204 e. The number of sulfone groups is 1. The van der Waals surface area contributed by atoms with Crippen LogP contribution in [0.25, 0.3) is 0 Å². The molecule has 1 aromatic carbocycles. The highest BCUT2D eigenvalue weighted by atomic mass is 32.2. The summed E-state index contributed by atoms with van der Waals surface area (Å²) in [5.41, 5.74) is 0.437. The van der Waals surface area contributed by atoms with Crippen molar-refractivity contribution < 1.29 is 17.9 Å². The minimum Gasteiger partial charge on any atom is -0.364 e. The van der Waals surface area contributed by atoms with Crippen LogP contribution in [0.3, 0.4) is 0 Å². The van der Waals surface area contributed by atoms with Crippen LogP contribution in [0.5, 0.6) is 0 Å². The fraction of sp³-hybridized carbons (Fsp3) is 0.222. The molecule has 0 heterocycles. The Morgan fingerprint density at radius 3 is 2.21 bits per heavy atom. The molecule has 0 amide bonds. The highest BCUT2D eigenvalue weighted by Gasteiger charge is 2.07. The second-order valence-electron chi connectivity index (χ2n) is 2.88. The van der Waals surface area contributed by atoms with Gasteiger partial charge in [0.15, 0.2) is 9.84 Å². The molecule has 0 saturated heterocycles. The maximum absolute atomic E-state index is 12.1. The molecule has 5 heteroatoms. The van der Waals surface area contributed by atoms with Gasteiger partial charge in [0.2, 0.25) is 6.36 Å². The van der Waals surface area contributed by atoms with Gasteiger partial charge in [-0.1, -0.05) is 12.1 Å². The van der Waals surface area contributed by atoms with Gasteiger partial charge in [0.05, 0.1) is 11.3 Å². The molecule has 0 aliphatic carbocycles. The summed E-state index contributed by atoms with van der Waals surface area (Å²) in [7, 11) is -3.22. The van der Waals surface area contributed by atoms with E-state index in [0.29, 0.717) is 5.56 Å². The fourth-order valence-electron chi connectivity index (χ4n) is 0.985. The Morgan fingerprint density at radius 1 is 1.36 bits per heavy atom. The zero-order valence-corrected chi connectivity index (χ0v) is 8.33. The average molecular weight is 217 g/mol. The lowest BCUT2D eigenvalue weighted by Crippen LogP contribution is -2.00. The fourth-order valence-corrected chi connectivity index (χ4v) is 1.62. The van der Waals surface area contributed by atoms with Crippen LogP contribution < -0.4 is 0 Å². The van der Waals surface area contributed by atoms with Crippen molar-refractivity contribution >= 4 is 9.84 Å². The number of aliphatic hydroxyl groups excluding tert-OH is 1. The van der Waals surface area contributed by atoms with E-state index in [2.05, 4.69) is 0 Å². The largest absolute Gasteiger partial charge is 0.364 e. The minimum atomic E-state index is -3.22. The molecule has 1 rings (SSSR count). The quantitative estimate of drug-likeness (QED) is 0.819. The SMILES string of the molecule is CS(=O)(=O)c1ccc([CH]C(O)F)cc1. The van der Waals surface area contributed by atoms with Crippen molar-refractivity contribution in [3.63, 3.8) is 0 Å². The molecule has 3 nitrogen and oxygen atoms in total. The number of rotatable bonds is 3. The topological polar surface area (TPSA) is 54.4 Å². The standard InChI is InChI=1S/C9H10FO3S/c1-14(12,13)8-4-2-7(3-5-8)6-9(10)11/h2-6,9,11H,1H3. The van der Waals surface area contributed by atoms with E-state index < -0.39 is 16.2 Å². The summed E-state index contributed by atoms with van der Waals surface area (Å²) in [5, 5.41) is 8.39. The van der Waals surface area contributed by atoms with Gasteiger partial charge in [0.1, 0.15) is 0 Å². The number of alkyl halides is 1. The van der Waals surface area contributed by atoms with Crippen LogP contribution in [-0.2, 0) is 9.84 Å². The van der Waals surface area contributed by atoms with Crippen molar-refractivity contribution in [2.24, 2.45) is 0 Å². The predicted molar refractivity (Wildman–Crippen MR) is 50.1 cm³/mol. The number of hydrogen-bond acceptors (Lipinski definition) is 3. The lowest BCUT2D eigenvalue weighted by Gasteiger charge is -2.02. The molecule has 0 saturated carbocycles. The van der Waals surface area contributed by atoms with Crippen LogP contribution in [0.15, 0.2) is 29.2 Å². The van der Waals surface area contributed by atoms with E-state index in [0.717, 1.165) is 12.7 Å². The van der Waals surface area contributed by atoms with Crippen LogP contribution >= 0.6 is 0 Å². The maximum atomic E-state index is 12.1. The summed E-state index contributed by atoms with van der Waals surface area (Å²) >= 11 is 0. The number of halogens is 1. The Hall–Kier alpha value is -0.940. The van der Waals surface area contributed by atoms with Crippen molar-refractivity contribution in [1.82, 2.24) is 0 Å². The lowest BCUT2D eigenvalue weighted by molar-refractivity contribution is 0.0760. The second kappa shape index (κ2) is 4.06. The Bertz CT molecular complexity index is 395. The molecule has 0 fully saturated rings. The summed E-state index contributed by atoms with van der Waals surface area (Å²) in [6.45, 7) is 0. The van der Waals surface area contributed by atoms with Gasteiger partial charge >= 0.3 is 0 Å². The van der Waals surface area contributed by atoms with Gasteiger partial charge in [-0.15, -0.1) is 0 Å². The molecule has 77 valence electrons. The smallest absolute Gasteiger partial charge is 0.204 e. The van der Waals surface area contributed by atoms with Gasteiger partial charge in [0.25, 0.3) is 0 Å². The van der Waals surface area contributed by atoms with Crippen LogP contribution in [0.1, 0.15) is 5.56 Å². The molecule has 1 atom stereocenters. The summed E-state index contributed by atoms with van der Waals surface area (Å²) in [6, 6.07) is 5.59. The van der Waals surface area contributed by atoms with Crippen molar-refractivity contribution in [2.45, 2.75) is 11.3 Å². The Kier molecular flexibility index (Phi) is 3.23. The van der Waals surface area contributed by atoms with Crippen molar-refractivity contribution in [2.75, 3.05) is 6.26 Å². The number of hydrogen-bond donors (Lipinski definition) is 1. The third-order valence-corrected chi connectivity index (χ3v) is 2.77. The first-order chi connectivity index (χ1) is 6.39. The molecule has 1 radical (unpaired) electrons. The molecule has 0 bridgehead atoms. The molecule has 0 aromatic heterocycles. The lowest BCUT2D eigenvalue weighted by atomic mass is 10.1. The summed E-state index contributed by atoms with van der Waals surface area (Å²) in [4.78, 5) is 0.169. The molecule has 0 spiro atoms. The van der Waals surface area contributed by atoms with Gasteiger partial charge in [0, 0.05) is 6.26 Å². The molecular formula is C9H10FO3S. The molecule has 1 unspecified atom stereocenters. The summed E-state index contributed by atoms with van der Waals surface area (Å²) in [6.07, 6.45) is 0.0426. The van der Waals surface area contributed by atoms with Crippen LogP contribution in [-0.4, -0.2) is 26.1 Å². The Balaban J connectivity index is 2.90. The Morgan fingerprint density at radius 2 is 1.86 bits per heavy atom. The van der Waals surface area contributed by atoms with E-state index >= 15 is 0 Å². The van der Waals surface area contributed by atoms with E-state index in [1.165, 1.54) is 24.3 Å². The normalized spacial score (nSPS) is 13.9. The molecule has 1 aromatic rings. The van der Waals surface area contributed by atoms with Crippen molar-refractivity contribution in [3.05, 3.63) is 36.2 Å². The molecule has 14 heavy (non-hydrogen) atoms. The highest BCUT2D eigenvalue weighted by molar-refractivity contribution is 7.90. The third kappa shape index (κ3) is 3.08. The molecule has 0 aliphatic heterocycles. The molecule has 0 aliphatic rings. The summed E-state index contributed by atoms with van der Waals surface area (Å²) in [5.74, 6) is 0. The zero-order chi connectivity index (χ0) is 10.8. The van der Waals surface area contributed by atoms with Crippen molar-refractivity contribution in [1.29, 1.82) is 0 Å². The van der Waals surface area contributed by atoms with Gasteiger partial charge in [-0.25, -0.2) is 12.8 Å². The molecule has 1 N–H and O–H groups in total. The number of aliphatic hydroxyl groups is 1. The predicted octanol–water partition coefficient (Wildman–Crippen LogP) is 0.930. The first-order valence-corrected chi connectivity index (χ1v) is 5.76. The monoisotopic (exact) mass is 217 g/mol. The molecular weight excluding hydrogens is 207 g/mol.